The minimum Gasteiger partial charge on any atom is -0.391 e. The summed E-state index contributed by atoms with van der Waals surface area (Å²) >= 11 is 6.17. The van der Waals surface area contributed by atoms with Gasteiger partial charge in [-0.1, -0.05) is 29.8 Å². The van der Waals surface area contributed by atoms with Crippen molar-refractivity contribution in [1.29, 1.82) is 0 Å². The SMILES string of the molecule is CC(O)C(C)(C)NC(=O)c1cc(Cl)c2ccccc2n1. The molecule has 1 heterocycles. The molecule has 1 aromatic heterocycles. The monoisotopic (exact) mass is 292 g/mol. The maximum Gasteiger partial charge on any atom is 0.270 e. The van der Waals surface area contributed by atoms with E-state index in [1.807, 2.05) is 18.2 Å². The minimum atomic E-state index is -0.739. The zero-order valence-electron chi connectivity index (χ0n) is 11.6. The van der Waals surface area contributed by atoms with E-state index in [0.29, 0.717) is 10.5 Å². The third-order valence-corrected chi connectivity index (χ3v) is 3.69. The number of hydrogen-bond acceptors (Lipinski definition) is 3. The van der Waals surface area contributed by atoms with Gasteiger partial charge in [-0.2, -0.15) is 0 Å². The van der Waals surface area contributed by atoms with E-state index in [2.05, 4.69) is 10.3 Å². The molecule has 2 N–H and O–H groups in total. The Hall–Kier alpha value is -1.65. The van der Waals surface area contributed by atoms with Crippen molar-refractivity contribution in [1.82, 2.24) is 10.3 Å². The molecule has 1 atom stereocenters. The normalized spacial score (nSPS) is 13.2. The summed E-state index contributed by atoms with van der Waals surface area (Å²) in [4.78, 5) is 16.5. The van der Waals surface area contributed by atoms with Crippen LogP contribution in [0.15, 0.2) is 30.3 Å². The highest BCUT2D eigenvalue weighted by atomic mass is 35.5. The molecule has 0 aliphatic rings. The average molecular weight is 293 g/mol. The number of benzene rings is 1. The molecule has 0 saturated carbocycles. The molecule has 2 aromatic rings. The lowest BCUT2D eigenvalue weighted by atomic mass is 9.98. The topological polar surface area (TPSA) is 62.2 Å². The molecule has 0 bridgehead atoms. The minimum absolute atomic E-state index is 0.238. The van der Waals surface area contributed by atoms with E-state index in [1.54, 1.807) is 26.8 Å². The first kappa shape index (κ1) is 14.8. The number of aromatic nitrogens is 1. The van der Waals surface area contributed by atoms with Crippen LogP contribution < -0.4 is 5.32 Å². The Morgan fingerprint density at radius 3 is 2.70 bits per heavy atom. The second-order valence-electron chi connectivity index (χ2n) is 5.36. The van der Waals surface area contributed by atoms with Gasteiger partial charge in [0, 0.05) is 5.39 Å². The molecule has 2 rings (SSSR count). The van der Waals surface area contributed by atoms with Gasteiger partial charge in [0.1, 0.15) is 5.69 Å². The number of nitrogens with zero attached hydrogens (tertiary/aromatic N) is 1. The lowest BCUT2D eigenvalue weighted by Crippen LogP contribution is -2.51. The highest BCUT2D eigenvalue weighted by molar-refractivity contribution is 6.35. The van der Waals surface area contributed by atoms with Crippen LogP contribution in [0.25, 0.3) is 10.9 Å². The van der Waals surface area contributed by atoms with Gasteiger partial charge in [0.15, 0.2) is 0 Å². The second kappa shape index (κ2) is 5.38. The van der Waals surface area contributed by atoms with Crippen LogP contribution in [-0.2, 0) is 0 Å². The van der Waals surface area contributed by atoms with Crippen molar-refractivity contribution in [2.24, 2.45) is 0 Å². The number of carbonyl (C=O) groups excluding carboxylic acids is 1. The number of fused-ring (bicyclic) bond motifs is 1. The summed E-state index contributed by atoms with van der Waals surface area (Å²) in [5, 5.41) is 13.7. The molecule has 106 valence electrons. The third kappa shape index (κ3) is 2.92. The molecule has 1 amide bonds. The van der Waals surface area contributed by atoms with E-state index < -0.39 is 11.6 Å². The number of carbonyl (C=O) groups is 1. The number of aliphatic hydroxyl groups excluding tert-OH is 1. The summed E-state index contributed by atoms with van der Waals surface area (Å²) < 4.78 is 0. The van der Waals surface area contributed by atoms with Gasteiger partial charge in [-0.05, 0) is 32.9 Å². The van der Waals surface area contributed by atoms with E-state index in [0.717, 1.165) is 5.39 Å². The van der Waals surface area contributed by atoms with Gasteiger partial charge < -0.3 is 10.4 Å². The maximum atomic E-state index is 12.2. The Balaban J connectivity index is 2.36. The third-order valence-electron chi connectivity index (χ3n) is 3.38. The largest absolute Gasteiger partial charge is 0.391 e. The van der Waals surface area contributed by atoms with E-state index in [-0.39, 0.29) is 11.6 Å². The predicted molar refractivity (Wildman–Crippen MR) is 80.0 cm³/mol. The molecule has 20 heavy (non-hydrogen) atoms. The molecule has 0 radical (unpaired) electrons. The van der Waals surface area contributed by atoms with Crippen molar-refractivity contribution in [3.05, 3.63) is 41.0 Å². The van der Waals surface area contributed by atoms with Crippen LogP contribution in [0.5, 0.6) is 0 Å². The quantitative estimate of drug-likeness (QED) is 0.914. The van der Waals surface area contributed by atoms with Crippen LogP contribution in [0.3, 0.4) is 0 Å². The van der Waals surface area contributed by atoms with Crippen molar-refractivity contribution >= 4 is 28.4 Å². The molecular formula is C15H17ClN2O2. The van der Waals surface area contributed by atoms with E-state index in [9.17, 15) is 9.90 Å². The maximum absolute atomic E-state index is 12.2. The molecule has 0 saturated heterocycles. The van der Waals surface area contributed by atoms with E-state index >= 15 is 0 Å². The number of halogens is 1. The molecule has 0 fully saturated rings. The van der Waals surface area contributed by atoms with Gasteiger partial charge in [0.2, 0.25) is 0 Å². The summed E-state index contributed by atoms with van der Waals surface area (Å²) in [6, 6.07) is 8.90. The molecule has 1 aromatic carbocycles. The van der Waals surface area contributed by atoms with Gasteiger partial charge in [-0.25, -0.2) is 4.98 Å². The van der Waals surface area contributed by atoms with E-state index in [1.165, 1.54) is 6.07 Å². The molecule has 0 spiro atoms. The number of pyridine rings is 1. The fourth-order valence-electron chi connectivity index (χ4n) is 1.71. The Labute approximate surface area is 122 Å². The Bertz CT molecular complexity index is 653. The summed E-state index contributed by atoms with van der Waals surface area (Å²) in [6.07, 6.45) is -0.678. The van der Waals surface area contributed by atoms with Gasteiger partial charge in [-0.3, -0.25) is 4.79 Å². The standard InChI is InChI=1S/C15H17ClN2O2/c1-9(19)15(2,3)18-14(20)13-8-11(16)10-6-4-5-7-12(10)17-13/h4-9,19H,1-3H3,(H,18,20). The van der Waals surface area contributed by atoms with Gasteiger partial charge in [0.05, 0.1) is 22.2 Å². The van der Waals surface area contributed by atoms with Crippen LogP contribution in [0.4, 0.5) is 0 Å². The van der Waals surface area contributed by atoms with Crippen molar-refractivity contribution in [2.75, 3.05) is 0 Å². The second-order valence-corrected chi connectivity index (χ2v) is 5.77. The number of para-hydroxylation sites is 1. The van der Waals surface area contributed by atoms with Crippen molar-refractivity contribution in [2.45, 2.75) is 32.4 Å². The molecular weight excluding hydrogens is 276 g/mol. The predicted octanol–water partition coefficient (Wildman–Crippen LogP) is 2.78. The summed E-state index contributed by atoms with van der Waals surface area (Å²) in [6.45, 7) is 5.12. The van der Waals surface area contributed by atoms with Crippen molar-refractivity contribution in [3.63, 3.8) is 0 Å². The summed E-state index contributed by atoms with van der Waals surface area (Å²) in [5.41, 5.74) is 0.166. The average Bonchev–Trinajstić information content (AvgIpc) is 2.38. The van der Waals surface area contributed by atoms with Crippen LogP contribution in [0.1, 0.15) is 31.3 Å². The number of nitrogens with one attached hydrogen (secondary N) is 1. The van der Waals surface area contributed by atoms with E-state index in [4.69, 9.17) is 11.6 Å². The Kier molecular flexibility index (Phi) is 3.97. The van der Waals surface area contributed by atoms with Gasteiger partial charge in [-0.15, -0.1) is 0 Å². The summed E-state index contributed by atoms with van der Waals surface area (Å²) in [5.74, 6) is -0.358. The molecule has 0 aliphatic carbocycles. The van der Waals surface area contributed by atoms with Crippen LogP contribution >= 0.6 is 11.6 Å². The number of hydrogen-bond donors (Lipinski definition) is 2. The van der Waals surface area contributed by atoms with Crippen LogP contribution in [0.2, 0.25) is 5.02 Å². The van der Waals surface area contributed by atoms with Crippen LogP contribution in [0, 0.1) is 0 Å². The number of rotatable bonds is 3. The fraction of sp³-hybridized carbons (Fsp3) is 0.333. The highest BCUT2D eigenvalue weighted by Gasteiger charge is 2.27. The first-order valence-corrected chi connectivity index (χ1v) is 6.75. The molecule has 1 unspecified atom stereocenters. The molecule has 4 nitrogen and oxygen atoms in total. The molecule has 0 aliphatic heterocycles. The number of aliphatic hydroxyl groups is 1. The van der Waals surface area contributed by atoms with Crippen molar-refractivity contribution in [3.8, 4) is 0 Å². The lowest BCUT2D eigenvalue weighted by molar-refractivity contribution is 0.0705. The van der Waals surface area contributed by atoms with Crippen LogP contribution in [-0.4, -0.2) is 27.6 Å². The first-order valence-electron chi connectivity index (χ1n) is 6.37. The first-order chi connectivity index (χ1) is 9.31. The molecule has 5 heteroatoms. The van der Waals surface area contributed by atoms with Crippen molar-refractivity contribution < 1.29 is 9.90 Å². The Morgan fingerprint density at radius 1 is 1.40 bits per heavy atom. The van der Waals surface area contributed by atoms with Gasteiger partial charge >= 0.3 is 0 Å². The number of amides is 1. The zero-order chi connectivity index (χ0) is 14.9. The van der Waals surface area contributed by atoms with Gasteiger partial charge in [0.25, 0.3) is 5.91 Å². The summed E-state index contributed by atoms with van der Waals surface area (Å²) in [7, 11) is 0. The zero-order valence-corrected chi connectivity index (χ0v) is 12.4. The smallest absolute Gasteiger partial charge is 0.270 e. The lowest BCUT2D eigenvalue weighted by Gasteiger charge is -2.29. The highest BCUT2D eigenvalue weighted by Crippen LogP contribution is 2.23. The Morgan fingerprint density at radius 2 is 2.05 bits per heavy atom. The fourth-order valence-corrected chi connectivity index (χ4v) is 1.97.